The molecule has 5 N–H and O–H groups in total. The molecule has 1 atom stereocenters. The molecule has 2 aliphatic heterocycles. The van der Waals surface area contributed by atoms with Gasteiger partial charge in [-0.15, -0.1) is 4.28 Å². The Balaban J connectivity index is 1.99. The number of nitrogens with two attached hydrogens (primary N) is 1. The molecule has 0 unspecified atom stereocenters. The van der Waals surface area contributed by atoms with Gasteiger partial charge in [-0.3, -0.25) is 14.2 Å². The number of hydroxylamine groups is 2. The Kier molecular flexibility index (Phi) is 6.53. The molecule has 12 nitrogen and oxygen atoms in total. The van der Waals surface area contributed by atoms with Gasteiger partial charge in [-0.2, -0.15) is 13.9 Å². The molecule has 3 amide bonds. The van der Waals surface area contributed by atoms with Crippen molar-refractivity contribution in [1.82, 2.24) is 15.9 Å². The number of hydrogen-bond acceptors (Lipinski definition) is 8. The number of hydrogen-bond donors (Lipinski definition) is 4. The van der Waals surface area contributed by atoms with Crippen LogP contribution in [-0.2, 0) is 29.1 Å². The fraction of sp³-hybridized carbons (Fsp3) is 0.833. The molecule has 1 spiro atoms. The highest BCUT2D eigenvalue weighted by Gasteiger charge is 2.48. The molecule has 2 heterocycles. The van der Waals surface area contributed by atoms with Gasteiger partial charge in [-0.05, 0) is 25.8 Å². The van der Waals surface area contributed by atoms with E-state index in [-0.39, 0.29) is 18.6 Å². The van der Waals surface area contributed by atoms with E-state index < -0.39 is 28.4 Å². The summed E-state index contributed by atoms with van der Waals surface area (Å²) in [6, 6.07) is -1.87. The second-order valence-corrected chi connectivity index (χ2v) is 7.05. The number of rotatable bonds is 7. The van der Waals surface area contributed by atoms with Gasteiger partial charge >= 0.3 is 16.4 Å². The molecule has 0 aromatic rings. The first-order valence-electron chi connectivity index (χ1n) is 7.68. The van der Waals surface area contributed by atoms with Crippen molar-refractivity contribution in [1.29, 1.82) is 0 Å². The van der Waals surface area contributed by atoms with Gasteiger partial charge in [0.05, 0.1) is 19.8 Å². The molecular weight excluding hydrogens is 360 g/mol. The van der Waals surface area contributed by atoms with Crippen molar-refractivity contribution in [3.63, 3.8) is 0 Å². The van der Waals surface area contributed by atoms with Gasteiger partial charge < -0.3 is 15.4 Å². The van der Waals surface area contributed by atoms with E-state index in [0.29, 0.717) is 39.0 Å². The van der Waals surface area contributed by atoms with Crippen LogP contribution in [0.15, 0.2) is 0 Å². The lowest BCUT2D eigenvalue weighted by molar-refractivity contribution is -0.162. The zero-order chi connectivity index (χ0) is 18.5. The molecule has 2 saturated heterocycles. The zero-order valence-corrected chi connectivity index (χ0v) is 14.3. The maximum Gasteiger partial charge on any atom is 0.418 e. The van der Waals surface area contributed by atoms with E-state index in [9.17, 15) is 18.0 Å². The Labute approximate surface area is 144 Å². The topological polar surface area (TPSA) is 170 Å². The van der Waals surface area contributed by atoms with Gasteiger partial charge in [0.15, 0.2) is 0 Å². The third-order valence-electron chi connectivity index (χ3n) is 4.12. The number of carbonyl (C=O) groups excluding carboxylic acids is 2. The van der Waals surface area contributed by atoms with Crippen molar-refractivity contribution in [3.8, 4) is 0 Å². The molecule has 0 aromatic carbocycles. The average Bonchev–Trinajstić information content (AvgIpc) is 2.53. The highest BCUT2D eigenvalue weighted by Crippen LogP contribution is 2.41. The summed E-state index contributed by atoms with van der Waals surface area (Å²) < 4.78 is 38.7. The van der Waals surface area contributed by atoms with Crippen molar-refractivity contribution < 1.29 is 36.4 Å². The maximum atomic E-state index is 12.4. The van der Waals surface area contributed by atoms with E-state index in [1.54, 1.807) is 5.48 Å². The zero-order valence-electron chi connectivity index (χ0n) is 13.5. The predicted molar refractivity (Wildman–Crippen MR) is 81.9 cm³/mol. The highest BCUT2D eigenvalue weighted by atomic mass is 32.3. The number of amides is 3. The van der Waals surface area contributed by atoms with Gasteiger partial charge in [0.1, 0.15) is 6.04 Å². The number of likely N-dealkylation sites (tertiary alicyclic amines) is 1. The first kappa shape index (κ1) is 19.8. The van der Waals surface area contributed by atoms with E-state index in [0.717, 1.165) is 4.90 Å². The van der Waals surface area contributed by atoms with Crippen molar-refractivity contribution in [3.05, 3.63) is 0 Å². The van der Waals surface area contributed by atoms with Gasteiger partial charge in [0.2, 0.25) is 0 Å². The van der Waals surface area contributed by atoms with Crippen LogP contribution in [0.1, 0.15) is 19.3 Å². The number of ether oxygens (including phenoxy) is 1. The summed E-state index contributed by atoms with van der Waals surface area (Å²) in [5, 5.41) is 0. The van der Waals surface area contributed by atoms with Gasteiger partial charge in [-0.1, -0.05) is 0 Å². The minimum Gasteiger partial charge on any atom is -0.380 e. The molecule has 2 rings (SSSR count). The number of nitrogens with zero attached hydrogens (tertiary/aromatic N) is 1. The summed E-state index contributed by atoms with van der Waals surface area (Å²) in [6.45, 7) is 1.79. The molecule has 13 heteroatoms. The molecule has 0 saturated carbocycles. The Morgan fingerprint density at radius 2 is 2.08 bits per heavy atom. The Morgan fingerprint density at radius 3 is 2.64 bits per heavy atom. The summed E-state index contributed by atoms with van der Waals surface area (Å²) >= 11 is 0. The largest absolute Gasteiger partial charge is 0.418 e. The fourth-order valence-corrected chi connectivity index (χ4v) is 2.94. The minimum atomic E-state index is -4.85. The lowest BCUT2D eigenvalue weighted by Gasteiger charge is -2.49. The molecule has 0 aromatic heterocycles. The number of urea groups is 1. The Bertz CT molecular complexity index is 594. The molecular formula is C12H22N4O8S. The summed E-state index contributed by atoms with van der Waals surface area (Å²) in [6.07, 6.45) is 1.47. The van der Waals surface area contributed by atoms with E-state index in [1.807, 2.05) is 0 Å². The van der Waals surface area contributed by atoms with Crippen LogP contribution in [-0.4, -0.2) is 68.8 Å². The molecule has 2 aliphatic rings. The Hall–Kier alpha value is -1.51. The lowest BCUT2D eigenvalue weighted by Crippen LogP contribution is -2.62. The van der Waals surface area contributed by atoms with E-state index >= 15 is 0 Å². The predicted octanol–water partition coefficient (Wildman–Crippen LogP) is -1.69. The van der Waals surface area contributed by atoms with Crippen LogP contribution in [0.2, 0.25) is 0 Å². The molecule has 0 radical (unpaired) electrons. The van der Waals surface area contributed by atoms with Crippen LogP contribution in [0.25, 0.3) is 0 Å². The third-order valence-corrected chi connectivity index (χ3v) is 4.42. The normalized spacial score (nSPS) is 22.3. The summed E-state index contributed by atoms with van der Waals surface area (Å²) in [5.41, 5.74) is 9.00. The SMILES string of the molecule is NCCCONC(=O)[C@@H]1CC2(CCN1C(=O)NOS(=O)(=O)O)COC2. The van der Waals surface area contributed by atoms with Gasteiger partial charge in [0.25, 0.3) is 5.91 Å². The standard InChI is InChI=1S/C12H22N4O8S/c13-3-1-5-23-14-10(17)9-6-12(7-22-8-12)2-4-16(9)11(18)15-24-25(19,20)21/h9H,1-8,13H2,(H,14,17)(H,15,18)(H,19,20,21)/t9-/m0/s1. The van der Waals surface area contributed by atoms with Crippen LogP contribution >= 0.6 is 0 Å². The molecule has 25 heavy (non-hydrogen) atoms. The average molecular weight is 382 g/mol. The maximum absolute atomic E-state index is 12.4. The van der Waals surface area contributed by atoms with Crippen molar-refractivity contribution in [2.75, 3.05) is 32.9 Å². The molecule has 144 valence electrons. The minimum absolute atomic E-state index is 0.185. The van der Waals surface area contributed by atoms with Gasteiger partial charge in [-0.25, -0.2) is 10.3 Å². The summed E-state index contributed by atoms with van der Waals surface area (Å²) in [4.78, 5) is 30.6. The van der Waals surface area contributed by atoms with Crippen LogP contribution in [0.5, 0.6) is 0 Å². The molecule has 0 aliphatic carbocycles. The van der Waals surface area contributed by atoms with Crippen LogP contribution in [0.4, 0.5) is 4.79 Å². The van der Waals surface area contributed by atoms with Crippen molar-refractivity contribution in [2.45, 2.75) is 25.3 Å². The first-order chi connectivity index (χ1) is 11.8. The van der Waals surface area contributed by atoms with Crippen molar-refractivity contribution in [2.24, 2.45) is 11.1 Å². The van der Waals surface area contributed by atoms with E-state index in [2.05, 4.69) is 9.76 Å². The van der Waals surface area contributed by atoms with Crippen LogP contribution in [0, 0.1) is 5.41 Å². The highest BCUT2D eigenvalue weighted by molar-refractivity contribution is 7.80. The first-order valence-corrected chi connectivity index (χ1v) is 9.05. The quantitative estimate of drug-likeness (QED) is 0.228. The fourth-order valence-electron chi connectivity index (χ4n) is 2.76. The van der Waals surface area contributed by atoms with Crippen LogP contribution < -0.4 is 16.7 Å². The lowest BCUT2D eigenvalue weighted by atomic mass is 9.73. The summed E-state index contributed by atoms with van der Waals surface area (Å²) in [5.74, 6) is -0.551. The van der Waals surface area contributed by atoms with Crippen LogP contribution in [0.3, 0.4) is 0 Å². The number of piperidine rings is 1. The smallest absolute Gasteiger partial charge is 0.380 e. The number of carbonyl (C=O) groups is 2. The van der Waals surface area contributed by atoms with E-state index in [1.165, 1.54) is 0 Å². The molecule has 0 bridgehead atoms. The second-order valence-electron chi connectivity index (χ2n) is 6.03. The number of nitrogens with one attached hydrogen (secondary N) is 2. The second kappa shape index (κ2) is 8.25. The molecule has 2 fully saturated rings. The summed E-state index contributed by atoms with van der Waals surface area (Å²) in [7, 11) is -4.85. The van der Waals surface area contributed by atoms with Gasteiger partial charge in [0, 0.05) is 12.0 Å². The van der Waals surface area contributed by atoms with Crippen molar-refractivity contribution >= 4 is 22.3 Å². The monoisotopic (exact) mass is 382 g/mol. The third kappa shape index (κ3) is 5.49. The van der Waals surface area contributed by atoms with E-state index in [4.69, 9.17) is 19.9 Å². The Morgan fingerprint density at radius 1 is 1.36 bits per heavy atom.